The second-order valence-electron chi connectivity index (χ2n) is 8.82. The molecular weight excluding hydrogens is 370 g/mol. The third-order valence-corrected chi connectivity index (χ3v) is 7.17. The number of carbonyl (C=O) groups is 2. The Morgan fingerprint density at radius 1 is 1.14 bits per heavy atom. The zero-order valence-electron chi connectivity index (χ0n) is 17.6. The normalized spacial score (nSPS) is 34.0. The van der Waals surface area contributed by atoms with E-state index in [1.165, 1.54) is 25.0 Å². The van der Waals surface area contributed by atoms with Gasteiger partial charge in [-0.3, -0.25) is 9.59 Å². The molecule has 156 valence electrons. The maximum absolute atomic E-state index is 11.9. The number of oxime groups is 1. The molecule has 0 aromatic heterocycles. The Kier molecular flexibility index (Phi) is 5.13. The Morgan fingerprint density at radius 3 is 2.62 bits per heavy atom. The molecule has 1 aromatic carbocycles. The van der Waals surface area contributed by atoms with E-state index >= 15 is 0 Å². The molecule has 0 spiro atoms. The smallest absolute Gasteiger partial charge is 0.308 e. The molecule has 1 aromatic rings. The Labute approximate surface area is 171 Å². The van der Waals surface area contributed by atoms with Crippen LogP contribution in [0.4, 0.5) is 0 Å². The summed E-state index contributed by atoms with van der Waals surface area (Å²) in [4.78, 5) is 28.4. The quantitative estimate of drug-likeness (QED) is 0.436. The largest absolute Gasteiger partial charge is 0.462 e. The van der Waals surface area contributed by atoms with E-state index in [4.69, 9.17) is 14.3 Å². The van der Waals surface area contributed by atoms with Crippen molar-refractivity contribution in [3.8, 4) is 5.75 Å². The average molecular weight is 399 g/mol. The van der Waals surface area contributed by atoms with E-state index in [2.05, 4.69) is 18.1 Å². The van der Waals surface area contributed by atoms with Gasteiger partial charge in [0.05, 0.1) is 5.71 Å². The summed E-state index contributed by atoms with van der Waals surface area (Å²) in [6.07, 6.45) is 4.54. The second kappa shape index (κ2) is 7.47. The maximum Gasteiger partial charge on any atom is 0.308 e. The van der Waals surface area contributed by atoms with E-state index in [9.17, 15) is 9.59 Å². The Bertz CT molecular complexity index is 863. The van der Waals surface area contributed by atoms with Crippen LogP contribution in [0.15, 0.2) is 23.4 Å². The fourth-order valence-electron chi connectivity index (χ4n) is 6.21. The predicted molar refractivity (Wildman–Crippen MR) is 108 cm³/mol. The van der Waals surface area contributed by atoms with Gasteiger partial charge in [0.2, 0.25) is 0 Å². The van der Waals surface area contributed by atoms with Gasteiger partial charge in [-0.2, -0.15) is 0 Å². The van der Waals surface area contributed by atoms with Crippen LogP contribution in [0.5, 0.6) is 5.75 Å². The number of ether oxygens (including phenoxy) is 2. The van der Waals surface area contributed by atoms with Crippen LogP contribution in [0, 0.1) is 17.3 Å². The third kappa shape index (κ3) is 3.43. The minimum Gasteiger partial charge on any atom is -0.462 e. The molecule has 0 amide bonds. The zero-order valence-corrected chi connectivity index (χ0v) is 17.6. The molecular formula is C23H29NO5. The van der Waals surface area contributed by atoms with Gasteiger partial charge in [-0.05, 0) is 67.2 Å². The lowest BCUT2D eigenvalue weighted by Gasteiger charge is -2.52. The lowest BCUT2D eigenvalue weighted by molar-refractivity contribution is -0.154. The van der Waals surface area contributed by atoms with Crippen molar-refractivity contribution in [1.82, 2.24) is 0 Å². The molecule has 0 radical (unpaired) electrons. The predicted octanol–water partition coefficient (Wildman–Crippen LogP) is 4.01. The highest BCUT2D eigenvalue weighted by atomic mass is 16.6. The van der Waals surface area contributed by atoms with Crippen molar-refractivity contribution in [1.29, 1.82) is 0 Å². The van der Waals surface area contributed by atoms with E-state index in [1.807, 2.05) is 12.1 Å². The number of fused-ring (bicyclic) bond motifs is 5. The van der Waals surface area contributed by atoms with Crippen molar-refractivity contribution in [2.45, 2.75) is 64.9 Å². The fourth-order valence-corrected chi connectivity index (χ4v) is 6.21. The van der Waals surface area contributed by atoms with Gasteiger partial charge in [0.1, 0.15) is 19.0 Å². The highest BCUT2D eigenvalue weighted by Gasteiger charge is 2.58. The van der Waals surface area contributed by atoms with Crippen molar-refractivity contribution >= 4 is 17.7 Å². The number of hydrogen-bond donors (Lipinski definition) is 0. The monoisotopic (exact) mass is 399 g/mol. The van der Waals surface area contributed by atoms with Crippen molar-refractivity contribution in [3.63, 3.8) is 0 Å². The maximum atomic E-state index is 11.9. The van der Waals surface area contributed by atoms with Crippen molar-refractivity contribution in [2.75, 3.05) is 7.11 Å². The highest BCUT2D eigenvalue weighted by molar-refractivity contribution is 5.92. The molecule has 3 aliphatic carbocycles. The zero-order chi connectivity index (χ0) is 20.8. The first-order chi connectivity index (χ1) is 13.8. The molecule has 0 aliphatic heterocycles. The number of esters is 2. The van der Waals surface area contributed by atoms with Gasteiger partial charge < -0.3 is 14.3 Å². The number of benzene rings is 1. The van der Waals surface area contributed by atoms with Crippen LogP contribution in [0.1, 0.15) is 63.5 Å². The molecule has 5 atom stereocenters. The van der Waals surface area contributed by atoms with Crippen LogP contribution >= 0.6 is 0 Å². The summed E-state index contributed by atoms with van der Waals surface area (Å²) in [6.45, 7) is 5.15. The van der Waals surface area contributed by atoms with Gasteiger partial charge in [0, 0.05) is 25.2 Å². The lowest BCUT2D eigenvalue weighted by atomic mass is 9.54. The summed E-state index contributed by atoms with van der Waals surface area (Å²) in [7, 11) is 1.59. The molecule has 0 saturated heterocycles. The van der Waals surface area contributed by atoms with Crippen molar-refractivity contribution in [3.05, 3.63) is 29.3 Å². The van der Waals surface area contributed by atoms with Gasteiger partial charge in [-0.25, -0.2) is 0 Å². The topological polar surface area (TPSA) is 74.2 Å². The standard InChI is InChI=1S/C23H29NO5/c1-13(25)28-16-6-8-17-15(11-16)5-7-18-19-9-10-21(24-27-4)23(19,3)12-20(22(17)18)29-14(2)26/h6,8,11,18-20,22H,5,7,9-10,12H2,1-4H3/b24-21-/t18-,19-,20?,22+,23-/m0/s1. The van der Waals surface area contributed by atoms with Gasteiger partial charge in [-0.15, -0.1) is 0 Å². The Hall–Kier alpha value is -2.37. The van der Waals surface area contributed by atoms with Crippen LogP contribution in [-0.4, -0.2) is 30.9 Å². The summed E-state index contributed by atoms with van der Waals surface area (Å²) >= 11 is 0. The van der Waals surface area contributed by atoms with E-state index < -0.39 is 0 Å². The molecule has 6 nitrogen and oxygen atoms in total. The van der Waals surface area contributed by atoms with Crippen LogP contribution < -0.4 is 4.74 Å². The first-order valence-corrected chi connectivity index (χ1v) is 10.4. The molecule has 6 heteroatoms. The number of nitrogens with zero attached hydrogens (tertiary/aromatic N) is 1. The van der Waals surface area contributed by atoms with Gasteiger partial charge in [0.25, 0.3) is 0 Å². The number of hydrogen-bond acceptors (Lipinski definition) is 6. The van der Waals surface area contributed by atoms with Crippen LogP contribution in [0.3, 0.4) is 0 Å². The molecule has 2 fully saturated rings. The SMILES string of the molecule is CO/N=C1/CC[C@H]2[C@@H]3CCc4cc(OC(C)=O)ccc4[C@H]3C(OC(C)=O)C[C@]12C. The lowest BCUT2D eigenvalue weighted by Crippen LogP contribution is -2.50. The Morgan fingerprint density at radius 2 is 1.93 bits per heavy atom. The van der Waals surface area contributed by atoms with Crippen LogP contribution in [-0.2, 0) is 25.6 Å². The molecule has 0 heterocycles. The molecule has 2 saturated carbocycles. The second-order valence-corrected chi connectivity index (χ2v) is 8.82. The molecule has 0 N–H and O–H groups in total. The summed E-state index contributed by atoms with van der Waals surface area (Å²) in [5.74, 6) is 1.09. The van der Waals surface area contributed by atoms with E-state index in [0.717, 1.165) is 37.8 Å². The van der Waals surface area contributed by atoms with Gasteiger partial charge >= 0.3 is 11.9 Å². The van der Waals surface area contributed by atoms with Crippen LogP contribution in [0.2, 0.25) is 0 Å². The number of aryl methyl sites for hydroxylation is 1. The Balaban J connectivity index is 1.73. The summed E-state index contributed by atoms with van der Waals surface area (Å²) in [6, 6.07) is 5.88. The summed E-state index contributed by atoms with van der Waals surface area (Å²) in [5.41, 5.74) is 3.40. The van der Waals surface area contributed by atoms with E-state index in [-0.39, 0.29) is 29.4 Å². The molecule has 3 aliphatic rings. The number of carbonyl (C=O) groups excluding carboxylic acids is 2. The number of rotatable bonds is 3. The highest BCUT2D eigenvalue weighted by Crippen LogP contribution is 2.60. The van der Waals surface area contributed by atoms with Crippen LogP contribution in [0.25, 0.3) is 0 Å². The first kappa shape index (κ1) is 19.9. The van der Waals surface area contributed by atoms with E-state index in [0.29, 0.717) is 17.6 Å². The molecule has 0 bridgehead atoms. The van der Waals surface area contributed by atoms with Gasteiger partial charge in [0.15, 0.2) is 0 Å². The molecule has 1 unspecified atom stereocenters. The van der Waals surface area contributed by atoms with Gasteiger partial charge in [-0.1, -0.05) is 18.1 Å². The fraction of sp³-hybridized carbons (Fsp3) is 0.609. The third-order valence-electron chi connectivity index (χ3n) is 7.17. The minimum absolute atomic E-state index is 0.105. The van der Waals surface area contributed by atoms with Crippen molar-refractivity contribution < 1.29 is 23.9 Å². The summed E-state index contributed by atoms with van der Waals surface area (Å²) < 4.78 is 11.2. The average Bonchev–Trinajstić information content (AvgIpc) is 2.96. The van der Waals surface area contributed by atoms with Crippen molar-refractivity contribution in [2.24, 2.45) is 22.4 Å². The summed E-state index contributed by atoms with van der Waals surface area (Å²) in [5, 5.41) is 4.34. The molecule has 4 rings (SSSR count). The first-order valence-electron chi connectivity index (χ1n) is 10.4. The molecule has 29 heavy (non-hydrogen) atoms. The minimum atomic E-state index is -0.319. The van der Waals surface area contributed by atoms with E-state index in [1.54, 1.807) is 7.11 Å².